The summed E-state index contributed by atoms with van der Waals surface area (Å²) in [6, 6.07) is 0.417. The molecule has 0 spiro atoms. The van der Waals surface area contributed by atoms with E-state index >= 15 is 0 Å². The van der Waals surface area contributed by atoms with Crippen molar-refractivity contribution in [3.8, 4) is 0 Å². The topological polar surface area (TPSA) is 40.5 Å². The number of carbonyl (C=O) groups is 1. The number of hydrogen-bond donors (Lipinski definition) is 1. The molecule has 0 radical (unpaired) electrons. The minimum absolute atomic E-state index is 0.186. The standard InChI is InChI=1S/C11H19NO2/c1-8-4-11(14)7-12(6-8)9-2-3-10(13)5-9/h8-9,11,14H,2-7H2,1H3. The van der Waals surface area contributed by atoms with Gasteiger partial charge in [0.2, 0.25) is 0 Å². The van der Waals surface area contributed by atoms with Gasteiger partial charge >= 0.3 is 0 Å². The van der Waals surface area contributed by atoms with Gasteiger partial charge in [-0.2, -0.15) is 0 Å². The van der Waals surface area contributed by atoms with Crippen molar-refractivity contribution in [2.45, 2.75) is 44.8 Å². The number of piperidine rings is 1. The lowest BCUT2D eigenvalue weighted by molar-refractivity contribution is -0.117. The predicted molar refractivity (Wildman–Crippen MR) is 54.0 cm³/mol. The Morgan fingerprint density at radius 1 is 1.43 bits per heavy atom. The van der Waals surface area contributed by atoms with E-state index in [1.807, 2.05) is 0 Å². The van der Waals surface area contributed by atoms with Crippen LogP contribution >= 0.6 is 0 Å². The van der Waals surface area contributed by atoms with Crippen LogP contribution in [-0.4, -0.2) is 41.0 Å². The van der Waals surface area contributed by atoms with E-state index in [0.29, 0.717) is 24.2 Å². The number of carbonyl (C=O) groups excluding carboxylic acids is 1. The summed E-state index contributed by atoms with van der Waals surface area (Å²) < 4.78 is 0. The molecule has 1 aliphatic carbocycles. The number of likely N-dealkylation sites (tertiary alicyclic amines) is 1. The number of nitrogens with zero attached hydrogens (tertiary/aromatic N) is 1. The lowest BCUT2D eigenvalue weighted by atomic mass is 9.96. The van der Waals surface area contributed by atoms with E-state index in [4.69, 9.17) is 0 Å². The van der Waals surface area contributed by atoms with Crippen LogP contribution in [0.25, 0.3) is 0 Å². The van der Waals surface area contributed by atoms with E-state index in [1.54, 1.807) is 0 Å². The zero-order chi connectivity index (χ0) is 10.1. The van der Waals surface area contributed by atoms with Gasteiger partial charge in [0, 0.05) is 32.0 Å². The lowest BCUT2D eigenvalue weighted by Crippen LogP contribution is -2.46. The highest BCUT2D eigenvalue weighted by molar-refractivity contribution is 5.81. The van der Waals surface area contributed by atoms with Gasteiger partial charge in [0.15, 0.2) is 0 Å². The van der Waals surface area contributed by atoms with Gasteiger partial charge in [-0.3, -0.25) is 9.69 Å². The molecule has 0 aromatic rings. The first kappa shape index (κ1) is 10.1. The average Bonchev–Trinajstić information content (AvgIpc) is 2.50. The second kappa shape index (κ2) is 3.99. The van der Waals surface area contributed by atoms with Crippen molar-refractivity contribution >= 4 is 5.78 Å². The Balaban J connectivity index is 1.93. The molecule has 1 saturated heterocycles. The Hall–Kier alpha value is -0.410. The fourth-order valence-electron chi connectivity index (χ4n) is 2.76. The van der Waals surface area contributed by atoms with E-state index in [-0.39, 0.29) is 6.10 Å². The van der Waals surface area contributed by atoms with E-state index in [0.717, 1.165) is 32.4 Å². The molecule has 2 rings (SSSR count). The summed E-state index contributed by atoms with van der Waals surface area (Å²) in [5.74, 6) is 0.956. The Bertz CT molecular complexity index is 219. The zero-order valence-corrected chi connectivity index (χ0v) is 8.78. The first-order valence-electron chi connectivity index (χ1n) is 5.59. The number of rotatable bonds is 1. The van der Waals surface area contributed by atoms with Crippen LogP contribution in [0.3, 0.4) is 0 Å². The molecule has 3 nitrogen and oxygen atoms in total. The third kappa shape index (κ3) is 2.15. The van der Waals surface area contributed by atoms with Gasteiger partial charge in [-0.15, -0.1) is 0 Å². The third-order valence-electron chi connectivity index (χ3n) is 3.40. The molecule has 3 atom stereocenters. The van der Waals surface area contributed by atoms with Crippen molar-refractivity contribution in [3.63, 3.8) is 0 Å². The Morgan fingerprint density at radius 2 is 2.21 bits per heavy atom. The van der Waals surface area contributed by atoms with Crippen molar-refractivity contribution in [1.82, 2.24) is 4.90 Å². The van der Waals surface area contributed by atoms with Gasteiger partial charge in [0.25, 0.3) is 0 Å². The third-order valence-corrected chi connectivity index (χ3v) is 3.40. The average molecular weight is 197 g/mol. The van der Waals surface area contributed by atoms with Crippen LogP contribution in [0.15, 0.2) is 0 Å². The van der Waals surface area contributed by atoms with Gasteiger partial charge in [-0.1, -0.05) is 6.92 Å². The van der Waals surface area contributed by atoms with Crippen molar-refractivity contribution in [1.29, 1.82) is 0 Å². The van der Waals surface area contributed by atoms with Crippen LogP contribution in [0.4, 0.5) is 0 Å². The SMILES string of the molecule is CC1CC(O)CN(C2CCC(=O)C2)C1. The normalized spacial score (nSPS) is 40.4. The van der Waals surface area contributed by atoms with E-state index in [1.165, 1.54) is 0 Å². The molecular weight excluding hydrogens is 178 g/mol. The van der Waals surface area contributed by atoms with Gasteiger partial charge in [0.05, 0.1) is 6.10 Å². The first-order chi connectivity index (χ1) is 6.65. The van der Waals surface area contributed by atoms with Crippen molar-refractivity contribution < 1.29 is 9.90 Å². The maximum atomic E-state index is 11.2. The van der Waals surface area contributed by atoms with E-state index in [2.05, 4.69) is 11.8 Å². The summed E-state index contributed by atoms with van der Waals surface area (Å²) in [6.07, 6.45) is 3.18. The molecule has 0 amide bonds. The highest BCUT2D eigenvalue weighted by Crippen LogP contribution is 2.26. The first-order valence-corrected chi connectivity index (χ1v) is 5.59. The van der Waals surface area contributed by atoms with Crippen molar-refractivity contribution in [2.24, 2.45) is 5.92 Å². The predicted octanol–water partition coefficient (Wildman–Crippen LogP) is 0.811. The van der Waals surface area contributed by atoms with Crippen LogP contribution in [0, 0.1) is 5.92 Å². The molecule has 3 unspecified atom stereocenters. The van der Waals surface area contributed by atoms with Crippen LogP contribution in [0.5, 0.6) is 0 Å². The molecule has 2 fully saturated rings. The number of Topliss-reactive ketones (excluding diaryl/α,β-unsaturated/α-hetero) is 1. The molecular formula is C11H19NO2. The molecule has 80 valence electrons. The number of β-amino-alcohol motifs (C(OH)–C–C–N with tert-alkyl or cyclic N) is 1. The smallest absolute Gasteiger partial charge is 0.134 e. The summed E-state index contributed by atoms with van der Waals surface area (Å²) >= 11 is 0. The van der Waals surface area contributed by atoms with Gasteiger partial charge in [0.1, 0.15) is 5.78 Å². The molecule has 1 N–H and O–H groups in total. The lowest BCUT2D eigenvalue weighted by Gasteiger charge is -2.37. The number of hydrogen-bond acceptors (Lipinski definition) is 3. The van der Waals surface area contributed by atoms with Gasteiger partial charge in [-0.25, -0.2) is 0 Å². The minimum Gasteiger partial charge on any atom is -0.392 e. The summed E-state index contributed by atoms with van der Waals surface area (Å²) in [5.41, 5.74) is 0. The molecule has 1 heterocycles. The summed E-state index contributed by atoms with van der Waals surface area (Å²) in [5, 5.41) is 9.65. The second-order valence-corrected chi connectivity index (χ2v) is 4.88. The number of ketones is 1. The molecule has 2 aliphatic rings. The van der Waals surface area contributed by atoms with Crippen molar-refractivity contribution in [2.75, 3.05) is 13.1 Å². The molecule has 0 aromatic heterocycles. The molecule has 3 heteroatoms. The highest BCUT2D eigenvalue weighted by atomic mass is 16.3. The number of aliphatic hydroxyl groups excluding tert-OH is 1. The largest absolute Gasteiger partial charge is 0.392 e. The second-order valence-electron chi connectivity index (χ2n) is 4.88. The molecule has 14 heavy (non-hydrogen) atoms. The monoisotopic (exact) mass is 197 g/mol. The van der Waals surface area contributed by atoms with Gasteiger partial charge in [-0.05, 0) is 18.8 Å². The quantitative estimate of drug-likeness (QED) is 0.676. The molecule has 0 bridgehead atoms. The van der Waals surface area contributed by atoms with Crippen LogP contribution in [-0.2, 0) is 4.79 Å². The summed E-state index contributed by atoms with van der Waals surface area (Å²) in [6.45, 7) is 3.99. The van der Waals surface area contributed by atoms with Crippen LogP contribution < -0.4 is 0 Å². The summed E-state index contributed by atoms with van der Waals surface area (Å²) in [4.78, 5) is 13.5. The Morgan fingerprint density at radius 3 is 2.79 bits per heavy atom. The minimum atomic E-state index is -0.186. The van der Waals surface area contributed by atoms with E-state index < -0.39 is 0 Å². The number of aliphatic hydroxyl groups is 1. The Labute approximate surface area is 85.1 Å². The maximum Gasteiger partial charge on any atom is 0.134 e. The fraction of sp³-hybridized carbons (Fsp3) is 0.909. The van der Waals surface area contributed by atoms with E-state index in [9.17, 15) is 9.90 Å². The summed E-state index contributed by atoms with van der Waals surface area (Å²) in [7, 11) is 0. The van der Waals surface area contributed by atoms with Gasteiger partial charge < -0.3 is 5.11 Å². The van der Waals surface area contributed by atoms with Crippen LogP contribution in [0.1, 0.15) is 32.6 Å². The molecule has 1 saturated carbocycles. The van der Waals surface area contributed by atoms with Crippen LogP contribution in [0.2, 0.25) is 0 Å². The fourth-order valence-corrected chi connectivity index (χ4v) is 2.76. The highest BCUT2D eigenvalue weighted by Gasteiger charge is 2.32. The zero-order valence-electron chi connectivity index (χ0n) is 8.78. The molecule has 1 aliphatic heterocycles. The Kier molecular flexibility index (Phi) is 2.88. The van der Waals surface area contributed by atoms with Crippen molar-refractivity contribution in [3.05, 3.63) is 0 Å². The molecule has 0 aromatic carbocycles. The maximum absolute atomic E-state index is 11.2.